The molecule has 1 saturated heterocycles. The fourth-order valence-corrected chi connectivity index (χ4v) is 3.05. The molecule has 10 heteroatoms. The van der Waals surface area contributed by atoms with Gasteiger partial charge >= 0.3 is 0 Å². The maximum atomic E-state index is 11.2. The Morgan fingerprint density at radius 1 is 1.48 bits per heavy atom. The third-order valence-corrected chi connectivity index (χ3v) is 4.17. The van der Waals surface area contributed by atoms with Crippen molar-refractivity contribution in [2.24, 2.45) is 0 Å². The number of aromatic nitrogens is 3. The summed E-state index contributed by atoms with van der Waals surface area (Å²) in [5.74, 6) is 0.0353. The minimum Gasteiger partial charge on any atom is -0.394 e. The van der Waals surface area contributed by atoms with Gasteiger partial charge in [0.15, 0.2) is 6.23 Å². The fourth-order valence-electron chi connectivity index (χ4n) is 2.55. The molecule has 0 bridgehead atoms. The Balaban J connectivity index is 2.05. The van der Waals surface area contributed by atoms with E-state index < -0.39 is 31.1 Å². The largest absolute Gasteiger partial charge is 0.394 e. The molecule has 2 aromatic rings. The molecule has 0 aromatic carbocycles. The monoisotopic (exact) mass is 386 g/mol. The van der Waals surface area contributed by atoms with E-state index in [1.54, 1.807) is 6.07 Å². The predicted molar refractivity (Wildman–Crippen MR) is 82.5 cm³/mol. The first kappa shape index (κ1) is 16.3. The number of pyridine rings is 1. The van der Waals surface area contributed by atoms with Crippen molar-refractivity contribution in [3.05, 3.63) is 17.0 Å². The predicted octanol–water partition coefficient (Wildman–Crippen LogP) is -0.236. The lowest BCUT2D eigenvalue weighted by molar-refractivity contribution is -0.114. The molecule has 4 atom stereocenters. The highest BCUT2D eigenvalue weighted by molar-refractivity contribution is 9.10. The van der Waals surface area contributed by atoms with Crippen molar-refractivity contribution in [3.8, 4) is 0 Å². The number of hydrogen-bond acceptors (Lipinski definition) is 7. The van der Waals surface area contributed by atoms with Crippen molar-refractivity contribution < 1.29 is 24.9 Å². The standard InChI is InChI=1S/C13H15BrN4O5/c1-5(20)16-8-2-6-9(12(14)17-8)15-4-18(6)13-11(22)10(21)7(3-19)23-13/h2,4,7,10-11,13,19,21-22H,3H2,1H3,(H,16,17,20)/t7-,10+,11-,13+/m0/s1. The Kier molecular flexibility index (Phi) is 4.34. The smallest absolute Gasteiger partial charge is 0.222 e. The fraction of sp³-hybridized carbons (Fsp3) is 0.462. The first-order valence-electron chi connectivity index (χ1n) is 6.85. The van der Waals surface area contributed by atoms with Gasteiger partial charge < -0.3 is 29.9 Å². The van der Waals surface area contributed by atoms with E-state index in [4.69, 9.17) is 4.74 Å². The number of fused-ring (bicyclic) bond motifs is 1. The summed E-state index contributed by atoms with van der Waals surface area (Å²) < 4.78 is 7.44. The van der Waals surface area contributed by atoms with Crippen LogP contribution >= 0.6 is 15.9 Å². The molecule has 124 valence electrons. The highest BCUT2D eigenvalue weighted by atomic mass is 79.9. The van der Waals surface area contributed by atoms with Crippen molar-refractivity contribution >= 4 is 38.7 Å². The number of amides is 1. The lowest BCUT2D eigenvalue weighted by Crippen LogP contribution is -2.33. The summed E-state index contributed by atoms with van der Waals surface area (Å²) in [5.41, 5.74) is 1.06. The first-order valence-corrected chi connectivity index (χ1v) is 7.64. The molecule has 1 aliphatic rings. The van der Waals surface area contributed by atoms with E-state index in [0.717, 1.165) is 0 Å². The van der Waals surface area contributed by atoms with Crippen molar-refractivity contribution in [3.63, 3.8) is 0 Å². The normalized spacial score (nSPS) is 27.5. The third-order valence-electron chi connectivity index (χ3n) is 3.61. The molecule has 1 fully saturated rings. The minimum atomic E-state index is -1.22. The van der Waals surface area contributed by atoms with Crippen molar-refractivity contribution in [1.82, 2.24) is 14.5 Å². The number of anilines is 1. The number of imidazole rings is 1. The number of carbonyl (C=O) groups is 1. The number of carbonyl (C=O) groups excluding carboxylic acids is 1. The molecular weight excluding hydrogens is 372 g/mol. The van der Waals surface area contributed by atoms with Gasteiger partial charge in [0, 0.05) is 13.0 Å². The number of ether oxygens (including phenoxy) is 1. The second-order valence-electron chi connectivity index (χ2n) is 5.23. The average molecular weight is 387 g/mol. The number of aliphatic hydroxyl groups is 3. The van der Waals surface area contributed by atoms with Crippen LogP contribution in [0.3, 0.4) is 0 Å². The summed E-state index contributed by atoms with van der Waals surface area (Å²) in [4.78, 5) is 19.6. The number of halogens is 1. The van der Waals surface area contributed by atoms with E-state index in [0.29, 0.717) is 21.5 Å². The second-order valence-corrected chi connectivity index (χ2v) is 5.98. The zero-order valence-electron chi connectivity index (χ0n) is 12.0. The van der Waals surface area contributed by atoms with Crippen LogP contribution in [0.15, 0.2) is 17.0 Å². The molecule has 0 unspecified atom stereocenters. The molecule has 2 aromatic heterocycles. The molecule has 1 aliphatic heterocycles. The zero-order chi connectivity index (χ0) is 16.7. The van der Waals surface area contributed by atoms with Crippen molar-refractivity contribution in [2.45, 2.75) is 31.5 Å². The topological polar surface area (TPSA) is 130 Å². The van der Waals surface area contributed by atoms with Gasteiger partial charge in [0.1, 0.15) is 34.2 Å². The molecular formula is C13H15BrN4O5. The number of nitrogens with zero attached hydrogens (tertiary/aromatic N) is 3. The van der Waals surface area contributed by atoms with Crippen LogP contribution in [0.1, 0.15) is 13.2 Å². The van der Waals surface area contributed by atoms with Gasteiger partial charge in [-0.3, -0.25) is 4.79 Å². The molecule has 4 N–H and O–H groups in total. The number of hydrogen-bond donors (Lipinski definition) is 4. The molecule has 3 heterocycles. The molecule has 0 saturated carbocycles. The van der Waals surface area contributed by atoms with Gasteiger partial charge in [-0.15, -0.1) is 0 Å². The van der Waals surface area contributed by atoms with Gasteiger partial charge in [-0.1, -0.05) is 0 Å². The van der Waals surface area contributed by atoms with Crippen molar-refractivity contribution in [2.75, 3.05) is 11.9 Å². The van der Waals surface area contributed by atoms with Crippen LogP contribution in [-0.4, -0.2) is 60.7 Å². The molecule has 1 amide bonds. The van der Waals surface area contributed by atoms with Crippen LogP contribution in [0.25, 0.3) is 11.0 Å². The average Bonchev–Trinajstić information content (AvgIpc) is 3.01. The Bertz CT molecular complexity index is 751. The highest BCUT2D eigenvalue weighted by Gasteiger charge is 2.43. The van der Waals surface area contributed by atoms with E-state index in [1.807, 2.05) is 0 Å². The minimum absolute atomic E-state index is 0.275. The Hall–Kier alpha value is -1.59. The zero-order valence-corrected chi connectivity index (χ0v) is 13.6. The van der Waals surface area contributed by atoms with Crippen LogP contribution in [0.4, 0.5) is 5.82 Å². The third kappa shape index (κ3) is 2.83. The molecule has 9 nitrogen and oxygen atoms in total. The van der Waals surface area contributed by atoms with Crippen LogP contribution in [0, 0.1) is 0 Å². The highest BCUT2D eigenvalue weighted by Crippen LogP contribution is 2.33. The Morgan fingerprint density at radius 2 is 2.22 bits per heavy atom. The number of aliphatic hydroxyl groups excluding tert-OH is 3. The molecule has 3 rings (SSSR count). The van der Waals surface area contributed by atoms with Crippen molar-refractivity contribution in [1.29, 1.82) is 0 Å². The Labute approximate surface area is 139 Å². The van der Waals surface area contributed by atoms with E-state index >= 15 is 0 Å². The summed E-state index contributed by atoms with van der Waals surface area (Å²) in [6, 6.07) is 1.59. The number of rotatable bonds is 3. The van der Waals surface area contributed by atoms with Gasteiger partial charge in [0.2, 0.25) is 5.91 Å². The number of nitrogens with one attached hydrogen (secondary N) is 1. The van der Waals surface area contributed by atoms with Crippen LogP contribution in [0.5, 0.6) is 0 Å². The summed E-state index contributed by atoms with van der Waals surface area (Å²) in [6.07, 6.45) is -2.78. The molecule has 0 radical (unpaired) electrons. The van der Waals surface area contributed by atoms with Gasteiger partial charge in [0.05, 0.1) is 18.5 Å². The van der Waals surface area contributed by atoms with Crippen LogP contribution in [0.2, 0.25) is 0 Å². The summed E-state index contributed by atoms with van der Waals surface area (Å²) >= 11 is 3.28. The molecule has 0 spiro atoms. The van der Waals surface area contributed by atoms with E-state index in [2.05, 4.69) is 31.2 Å². The lowest BCUT2D eigenvalue weighted by atomic mass is 10.1. The van der Waals surface area contributed by atoms with E-state index in [9.17, 15) is 20.1 Å². The second kappa shape index (κ2) is 6.13. The quantitative estimate of drug-likeness (QED) is 0.535. The maximum Gasteiger partial charge on any atom is 0.222 e. The molecule has 23 heavy (non-hydrogen) atoms. The summed E-state index contributed by atoms with van der Waals surface area (Å²) in [6.45, 7) is 0.951. The van der Waals surface area contributed by atoms with Gasteiger partial charge in [-0.2, -0.15) is 0 Å². The molecule has 0 aliphatic carbocycles. The van der Waals surface area contributed by atoms with Crippen LogP contribution < -0.4 is 5.32 Å². The van der Waals surface area contributed by atoms with Gasteiger partial charge in [0.25, 0.3) is 0 Å². The van der Waals surface area contributed by atoms with Crippen LogP contribution in [-0.2, 0) is 9.53 Å². The SMILES string of the molecule is CC(=O)Nc1cc2c(ncn2[C@@H]2O[C@@H](CO)[C@@H](O)[C@@H]2O)c(Br)n1. The summed E-state index contributed by atoms with van der Waals surface area (Å²) in [7, 11) is 0. The van der Waals surface area contributed by atoms with E-state index in [1.165, 1.54) is 17.8 Å². The van der Waals surface area contributed by atoms with E-state index in [-0.39, 0.29) is 5.91 Å². The Morgan fingerprint density at radius 3 is 2.83 bits per heavy atom. The lowest BCUT2D eigenvalue weighted by Gasteiger charge is -2.17. The maximum absolute atomic E-state index is 11.2. The van der Waals surface area contributed by atoms with Gasteiger partial charge in [-0.25, -0.2) is 9.97 Å². The first-order chi connectivity index (χ1) is 10.9. The summed E-state index contributed by atoms with van der Waals surface area (Å²) in [5, 5.41) is 31.8. The van der Waals surface area contributed by atoms with Gasteiger partial charge in [-0.05, 0) is 15.9 Å².